The summed E-state index contributed by atoms with van der Waals surface area (Å²) in [5.74, 6) is 1.42. The van der Waals surface area contributed by atoms with Gasteiger partial charge < -0.3 is 10.2 Å². The number of hydrogen-bond acceptors (Lipinski definition) is 2. The number of fused-ring (bicyclic) bond motifs is 1. The van der Waals surface area contributed by atoms with E-state index in [-0.39, 0.29) is 5.82 Å². The van der Waals surface area contributed by atoms with Crippen molar-refractivity contribution in [2.45, 2.75) is 0 Å². The van der Waals surface area contributed by atoms with Crippen LogP contribution < -0.4 is 10.2 Å². The molecule has 0 aliphatic carbocycles. The van der Waals surface area contributed by atoms with Crippen molar-refractivity contribution in [1.82, 2.24) is 5.32 Å². The maximum Gasteiger partial charge on any atom is 0.123 e. The van der Waals surface area contributed by atoms with E-state index >= 15 is 0 Å². The fourth-order valence-electron chi connectivity index (χ4n) is 2.72. The summed E-state index contributed by atoms with van der Waals surface area (Å²) >= 11 is 0. The summed E-state index contributed by atoms with van der Waals surface area (Å²) in [6, 6.07) is 6.84. The van der Waals surface area contributed by atoms with Gasteiger partial charge in [0.05, 0.1) is 0 Å². The molecule has 2 fully saturated rings. The Labute approximate surface area is 89.1 Å². The molecule has 0 bridgehead atoms. The van der Waals surface area contributed by atoms with Crippen LogP contribution in [-0.2, 0) is 0 Å². The van der Waals surface area contributed by atoms with Crippen molar-refractivity contribution in [3.63, 3.8) is 0 Å². The van der Waals surface area contributed by atoms with Crippen molar-refractivity contribution in [3.8, 4) is 0 Å². The van der Waals surface area contributed by atoms with Gasteiger partial charge in [-0.3, -0.25) is 0 Å². The van der Waals surface area contributed by atoms with Crippen LogP contribution >= 0.6 is 0 Å². The number of nitrogens with zero attached hydrogens (tertiary/aromatic N) is 1. The largest absolute Gasteiger partial charge is 0.371 e. The average molecular weight is 206 g/mol. The molecule has 2 aliphatic rings. The van der Waals surface area contributed by atoms with Gasteiger partial charge in [-0.25, -0.2) is 4.39 Å². The van der Waals surface area contributed by atoms with Gasteiger partial charge in [-0.05, 0) is 36.1 Å². The van der Waals surface area contributed by atoms with Gasteiger partial charge in [0.2, 0.25) is 0 Å². The Kier molecular flexibility index (Phi) is 2.13. The van der Waals surface area contributed by atoms with Crippen molar-refractivity contribution in [1.29, 1.82) is 0 Å². The molecule has 1 N–H and O–H groups in total. The first-order chi connectivity index (χ1) is 7.33. The lowest BCUT2D eigenvalue weighted by atomic mass is 10.0. The molecular formula is C12H15FN2. The highest BCUT2D eigenvalue weighted by Gasteiger charge is 2.35. The summed E-state index contributed by atoms with van der Waals surface area (Å²) in [6.07, 6.45) is 0. The number of anilines is 1. The number of benzene rings is 1. The van der Waals surface area contributed by atoms with Crippen molar-refractivity contribution in [2.24, 2.45) is 11.8 Å². The number of hydrogen-bond donors (Lipinski definition) is 1. The molecule has 80 valence electrons. The van der Waals surface area contributed by atoms with Gasteiger partial charge in [-0.2, -0.15) is 0 Å². The first-order valence-corrected chi connectivity index (χ1v) is 5.54. The smallest absolute Gasteiger partial charge is 0.123 e. The highest BCUT2D eigenvalue weighted by Crippen LogP contribution is 2.30. The van der Waals surface area contributed by atoms with E-state index in [1.165, 1.54) is 0 Å². The molecule has 2 nitrogen and oxygen atoms in total. The van der Waals surface area contributed by atoms with E-state index in [0.717, 1.165) is 43.7 Å². The molecule has 0 saturated carbocycles. The third kappa shape index (κ3) is 1.61. The first kappa shape index (κ1) is 9.16. The summed E-state index contributed by atoms with van der Waals surface area (Å²) in [4.78, 5) is 2.37. The van der Waals surface area contributed by atoms with Crippen molar-refractivity contribution < 1.29 is 4.39 Å². The van der Waals surface area contributed by atoms with Crippen molar-refractivity contribution in [2.75, 3.05) is 31.1 Å². The summed E-state index contributed by atoms with van der Waals surface area (Å²) in [7, 11) is 0. The highest BCUT2D eigenvalue weighted by atomic mass is 19.1. The Bertz CT molecular complexity index is 337. The predicted molar refractivity (Wildman–Crippen MR) is 58.5 cm³/mol. The minimum absolute atomic E-state index is 0.153. The van der Waals surface area contributed by atoms with Crippen LogP contribution in [0.1, 0.15) is 0 Å². The molecule has 1 aromatic carbocycles. The van der Waals surface area contributed by atoms with Crippen molar-refractivity contribution >= 4 is 5.69 Å². The van der Waals surface area contributed by atoms with E-state index in [9.17, 15) is 4.39 Å². The summed E-state index contributed by atoms with van der Waals surface area (Å²) in [5.41, 5.74) is 1.16. The molecule has 0 spiro atoms. The first-order valence-electron chi connectivity index (χ1n) is 5.54. The Morgan fingerprint density at radius 1 is 1.07 bits per heavy atom. The molecule has 2 heterocycles. The average Bonchev–Trinajstić information content (AvgIpc) is 2.78. The minimum Gasteiger partial charge on any atom is -0.371 e. The van der Waals surface area contributed by atoms with E-state index in [1.807, 2.05) is 12.1 Å². The van der Waals surface area contributed by atoms with E-state index in [4.69, 9.17) is 0 Å². The zero-order valence-corrected chi connectivity index (χ0v) is 8.62. The second-order valence-electron chi connectivity index (χ2n) is 4.56. The lowest BCUT2D eigenvalue weighted by molar-refractivity contribution is 0.533. The lowest BCUT2D eigenvalue weighted by Crippen LogP contribution is -2.25. The van der Waals surface area contributed by atoms with Crippen LogP contribution in [0, 0.1) is 17.7 Å². The zero-order chi connectivity index (χ0) is 10.3. The maximum atomic E-state index is 12.8. The highest BCUT2D eigenvalue weighted by molar-refractivity contribution is 5.47. The molecule has 15 heavy (non-hydrogen) atoms. The molecule has 2 atom stereocenters. The second kappa shape index (κ2) is 3.49. The fraction of sp³-hybridized carbons (Fsp3) is 0.500. The Morgan fingerprint density at radius 2 is 1.67 bits per heavy atom. The molecule has 0 radical (unpaired) electrons. The maximum absolute atomic E-state index is 12.8. The van der Waals surface area contributed by atoms with Gasteiger partial charge in [0, 0.05) is 31.9 Å². The van der Waals surface area contributed by atoms with Crippen molar-refractivity contribution in [3.05, 3.63) is 30.1 Å². The monoisotopic (exact) mass is 206 g/mol. The van der Waals surface area contributed by atoms with Gasteiger partial charge >= 0.3 is 0 Å². The topological polar surface area (TPSA) is 15.3 Å². The lowest BCUT2D eigenvalue weighted by Gasteiger charge is -2.19. The van der Waals surface area contributed by atoms with E-state index < -0.39 is 0 Å². The molecule has 2 saturated heterocycles. The van der Waals surface area contributed by atoms with Crippen LogP contribution in [0.3, 0.4) is 0 Å². The molecule has 2 aliphatic heterocycles. The molecule has 3 rings (SSSR count). The fourth-order valence-corrected chi connectivity index (χ4v) is 2.72. The Balaban J connectivity index is 1.76. The van der Waals surface area contributed by atoms with Gasteiger partial charge in [-0.15, -0.1) is 0 Å². The molecule has 1 aromatic rings. The number of halogens is 1. The van der Waals surface area contributed by atoms with E-state index in [2.05, 4.69) is 10.2 Å². The van der Waals surface area contributed by atoms with Gasteiger partial charge in [0.15, 0.2) is 0 Å². The van der Waals surface area contributed by atoms with Crippen LogP contribution in [0.2, 0.25) is 0 Å². The Morgan fingerprint density at radius 3 is 2.27 bits per heavy atom. The number of rotatable bonds is 1. The van der Waals surface area contributed by atoms with Crippen LogP contribution in [0.5, 0.6) is 0 Å². The van der Waals surface area contributed by atoms with Gasteiger partial charge in [0.25, 0.3) is 0 Å². The molecule has 0 amide bonds. The molecule has 1 unspecified atom stereocenters. The molecular weight excluding hydrogens is 191 g/mol. The molecule has 0 aromatic heterocycles. The Hall–Kier alpha value is -1.09. The SMILES string of the molecule is Fc1ccc(N2CC3CNC[C@H]3C2)cc1. The van der Waals surface area contributed by atoms with Crippen LogP contribution in [0.25, 0.3) is 0 Å². The zero-order valence-electron chi connectivity index (χ0n) is 8.62. The normalized spacial score (nSPS) is 29.5. The summed E-state index contributed by atoms with van der Waals surface area (Å²) in [5, 5.41) is 3.42. The predicted octanol–water partition coefficient (Wildman–Crippen LogP) is 1.48. The van der Waals surface area contributed by atoms with Crippen LogP contribution in [0.15, 0.2) is 24.3 Å². The summed E-state index contributed by atoms with van der Waals surface area (Å²) < 4.78 is 12.8. The van der Waals surface area contributed by atoms with Gasteiger partial charge in [0.1, 0.15) is 5.82 Å². The second-order valence-corrected chi connectivity index (χ2v) is 4.56. The van der Waals surface area contributed by atoms with E-state index in [0.29, 0.717) is 0 Å². The third-order valence-corrected chi connectivity index (χ3v) is 3.58. The van der Waals surface area contributed by atoms with Crippen LogP contribution in [0.4, 0.5) is 10.1 Å². The third-order valence-electron chi connectivity index (χ3n) is 3.58. The van der Waals surface area contributed by atoms with E-state index in [1.54, 1.807) is 12.1 Å². The minimum atomic E-state index is -0.153. The van der Waals surface area contributed by atoms with Gasteiger partial charge in [-0.1, -0.05) is 0 Å². The molecule has 3 heteroatoms. The quantitative estimate of drug-likeness (QED) is 0.748. The van der Waals surface area contributed by atoms with Crippen LogP contribution in [-0.4, -0.2) is 26.2 Å². The summed E-state index contributed by atoms with van der Waals surface area (Å²) in [6.45, 7) is 4.51. The number of nitrogens with one attached hydrogen (secondary N) is 1. The standard InChI is InChI=1S/C12H15FN2/c13-11-1-3-12(4-2-11)15-7-9-5-14-6-10(9)8-15/h1-4,9-10,14H,5-8H2/t9-,10?/m0/s1.